The number of likely N-dealkylation sites (tertiary alicyclic amines) is 1. The van der Waals surface area contributed by atoms with E-state index in [-0.39, 0.29) is 0 Å². The van der Waals surface area contributed by atoms with Crippen molar-refractivity contribution in [2.24, 2.45) is 5.92 Å². The van der Waals surface area contributed by atoms with Crippen LogP contribution in [0.3, 0.4) is 0 Å². The highest BCUT2D eigenvalue weighted by Gasteiger charge is 2.21. The van der Waals surface area contributed by atoms with Crippen molar-refractivity contribution in [1.29, 1.82) is 0 Å². The normalized spacial score (nSPS) is 26.3. The number of thiocarbonyl (C=S) groups is 1. The Morgan fingerprint density at radius 2 is 2.06 bits per heavy atom. The first-order valence-electron chi connectivity index (χ1n) is 7.04. The molecule has 98 valence electrons. The zero-order valence-corrected chi connectivity index (χ0v) is 11.7. The minimum Gasteiger partial charge on any atom is -0.362 e. The fraction of sp³-hybridized carbons (Fsp3) is 0.923. The Hall–Kier alpha value is -0.350. The molecule has 2 rings (SSSR count). The molecule has 0 amide bonds. The van der Waals surface area contributed by atoms with Crippen molar-refractivity contribution in [2.75, 3.05) is 26.2 Å². The molecule has 3 nitrogen and oxygen atoms in total. The summed E-state index contributed by atoms with van der Waals surface area (Å²) in [5.41, 5.74) is 0. The van der Waals surface area contributed by atoms with Gasteiger partial charge in [0.1, 0.15) is 0 Å². The van der Waals surface area contributed by atoms with E-state index in [9.17, 15) is 0 Å². The van der Waals surface area contributed by atoms with Gasteiger partial charge >= 0.3 is 0 Å². The van der Waals surface area contributed by atoms with Crippen molar-refractivity contribution in [2.45, 2.75) is 45.1 Å². The second-order valence-electron chi connectivity index (χ2n) is 5.38. The molecule has 0 aromatic heterocycles. The molecule has 2 aliphatic rings. The van der Waals surface area contributed by atoms with Gasteiger partial charge in [0.25, 0.3) is 0 Å². The molecule has 0 spiro atoms. The van der Waals surface area contributed by atoms with Crippen molar-refractivity contribution in [3.8, 4) is 0 Å². The summed E-state index contributed by atoms with van der Waals surface area (Å²) in [5.74, 6) is 0.776. The SMILES string of the molecule is CCN1CCC(CNC(=S)NC2CCCC2)C1. The van der Waals surface area contributed by atoms with Crippen LogP contribution in [0.2, 0.25) is 0 Å². The zero-order chi connectivity index (χ0) is 12.1. The summed E-state index contributed by atoms with van der Waals surface area (Å²) in [5, 5.41) is 7.69. The highest BCUT2D eigenvalue weighted by atomic mass is 32.1. The summed E-state index contributed by atoms with van der Waals surface area (Å²) in [4.78, 5) is 2.51. The molecule has 1 aliphatic carbocycles. The van der Waals surface area contributed by atoms with Crippen LogP contribution in [0.4, 0.5) is 0 Å². The maximum absolute atomic E-state index is 5.35. The third-order valence-corrected chi connectivity index (χ3v) is 4.32. The average molecular weight is 255 g/mol. The number of nitrogens with zero attached hydrogens (tertiary/aromatic N) is 1. The van der Waals surface area contributed by atoms with Gasteiger partial charge in [0, 0.05) is 19.1 Å². The molecular weight excluding hydrogens is 230 g/mol. The van der Waals surface area contributed by atoms with E-state index in [1.165, 1.54) is 51.7 Å². The molecule has 1 aliphatic heterocycles. The van der Waals surface area contributed by atoms with Gasteiger partial charge in [-0.2, -0.15) is 0 Å². The topological polar surface area (TPSA) is 27.3 Å². The fourth-order valence-electron chi connectivity index (χ4n) is 2.91. The Balaban J connectivity index is 1.59. The van der Waals surface area contributed by atoms with Crippen molar-refractivity contribution < 1.29 is 0 Å². The molecule has 17 heavy (non-hydrogen) atoms. The van der Waals surface area contributed by atoms with Crippen LogP contribution in [0.1, 0.15) is 39.0 Å². The van der Waals surface area contributed by atoms with Crippen LogP contribution >= 0.6 is 12.2 Å². The van der Waals surface area contributed by atoms with E-state index >= 15 is 0 Å². The summed E-state index contributed by atoms with van der Waals surface area (Å²) < 4.78 is 0. The monoisotopic (exact) mass is 255 g/mol. The van der Waals surface area contributed by atoms with Gasteiger partial charge in [-0.15, -0.1) is 0 Å². The molecule has 1 saturated carbocycles. The van der Waals surface area contributed by atoms with Crippen molar-refractivity contribution >= 4 is 17.3 Å². The lowest BCUT2D eigenvalue weighted by Gasteiger charge is -2.18. The van der Waals surface area contributed by atoms with Crippen LogP contribution in [0, 0.1) is 5.92 Å². The second-order valence-corrected chi connectivity index (χ2v) is 5.79. The third-order valence-electron chi connectivity index (χ3n) is 4.06. The quantitative estimate of drug-likeness (QED) is 0.748. The van der Waals surface area contributed by atoms with E-state index in [0.717, 1.165) is 17.6 Å². The molecule has 4 heteroatoms. The molecule has 1 heterocycles. The Morgan fingerprint density at radius 3 is 2.71 bits per heavy atom. The fourth-order valence-corrected chi connectivity index (χ4v) is 3.16. The van der Waals surface area contributed by atoms with E-state index in [0.29, 0.717) is 6.04 Å². The predicted molar refractivity (Wildman–Crippen MR) is 76.2 cm³/mol. The van der Waals surface area contributed by atoms with E-state index in [1.807, 2.05) is 0 Å². The zero-order valence-electron chi connectivity index (χ0n) is 10.9. The van der Waals surface area contributed by atoms with Gasteiger partial charge in [-0.25, -0.2) is 0 Å². The van der Waals surface area contributed by atoms with Crippen molar-refractivity contribution in [3.05, 3.63) is 0 Å². The summed E-state index contributed by atoms with van der Waals surface area (Å²) in [6.07, 6.45) is 6.60. The van der Waals surface area contributed by atoms with Crippen molar-refractivity contribution in [1.82, 2.24) is 15.5 Å². The second kappa shape index (κ2) is 6.55. The lowest BCUT2D eigenvalue weighted by Crippen LogP contribution is -2.42. The minimum absolute atomic E-state index is 0.630. The summed E-state index contributed by atoms with van der Waals surface area (Å²) in [7, 11) is 0. The van der Waals surface area contributed by atoms with Gasteiger partial charge in [-0.3, -0.25) is 0 Å². The summed E-state index contributed by atoms with van der Waals surface area (Å²) >= 11 is 5.35. The van der Waals surface area contributed by atoms with Crippen LogP contribution in [-0.4, -0.2) is 42.2 Å². The van der Waals surface area contributed by atoms with E-state index in [1.54, 1.807) is 0 Å². The van der Waals surface area contributed by atoms with Crippen molar-refractivity contribution in [3.63, 3.8) is 0 Å². The minimum atomic E-state index is 0.630. The molecule has 0 aromatic carbocycles. The van der Waals surface area contributed by atoms with Gasteiger partial charge in [0.05, 0.1) is 0 Å². The lowest BCUT2D eigenvalue weighted by atomic mass is 10.1. The van der Waals surface area contributed by atoms with Gasteiger partial charge in [-0.1, -0.05) is 19.8 Å². The first kappa shape index (κ1) is 13.1. The molecule has 0 radical (unpaired) electrons. The maximum Gasteiger partial charge on any atom is 0.166 e. The highest BCUT2D eigenvalue weighted by molar-refractivity contribution is 7.80. The van der Waals surface area contributed by atoms with Gasteiger partial charge in [-0.05, 0) is 50.5 Å². The van der Waals surface area contributed by atoms with Crippen LogP contribution < -0.4 is 10.6 Å². The maximum atomic E-state index is 5.35. The van der Waals surface area contributed by atoms with Crippen LogP contribution in [0.15, 0.2) is 0 Å². The average Bonchev–Trinajstić information content (AvgIpc) is 2.96. The number of hydrogen-bond acceptors (Lipinski definition) is 2. The largest absolute Gasteiger partial charge is 0.362 e. The molecule has 1 atom stereocenters. The molecule has 0 aromatic rings. The van der Waals surface area contributed by atoms with E-state index < -0.39 is 0 Å². The number of rotatable bonds is 4. The predicted octanol–water partition coefficient (Wildman–Crippen LogP) is 1.73. The van der Waals surface area contributed by atoms with Gasteiger partial charge < -0.3 is 15.5 Å². The molecule has 2 fully saturated rings. The number of hydrogen-bond donors (Lipinski definition) is 2. The Kier molecular flexibility index (Phi) is 5.04. The molecule has 2 N–H and O–H groups in total. The third kappa shape index (κ3) is 4.11. The highest BCUT2D eigenvalue weighted by Crippen LogP contribution is 2.17. The van der Waals surface area contributed by atoms with Gasteiger partial charge in [0.15, 0.2) is 5.11 Å². The Morgan fingerprint density at radius 1 is 1.29 bits per heavy atom. The summed E-state index contributed by atoms with van der Waals surface area (Å²) in [6, 6.07) is 0.630. The first-order chi connectivity index (χ1) is 8.28. The van der Waals surface area contributed by atoms with Crippen LogP contribution in [-0.2, 0) is 0 Å². The molecule has 1 unspecified atom stereocenters. The van der Waals surface area contributed by atoms with Gasteiger partial charge in [0.2, 0.25) is 0 Å². The molecule has 0 bridgehead atoms. The lowest BCUT2D eigenvalue weighted by molar-refractivity contribution is 0.342. The molecular formula is C13H25N3S. The molecule has 1 saturated heterocycles. The number of nitrogens with one attached hydrogen (secondary N) is 2. The standard InChI is InChI=1S/C13H25N3S/c1-2-16-8-7-11(10-16)9-14-13(17)15-12-5-3-4-6-12/h11-12H,2-10H2,1H3,(H2,14,15,17). The first-order valence-corrected chi connectivity index (χ1v) is 7.45. The smallest absolute Gasteiger partial charge is 0.166 e. The Bertz CT molecular complexity index is 251. The Labute approximate surface area is 110 Å². The van der Waals surface area contributed by atoms with Crippen LogP contribution in [0.25, 0.3) is 0 Å². The van der Waals surface area contributed by atoms with E-state index in [2.05, 4.69) is 22.5 Å². The van der Waals surface area contributed by atoms with E-state index in [4.69, 9.17) is 12.2 Å². The summed E-state index contributed by atoms with van der Waals surface area (Å²) in [6.45, 7) is 6.94. The van der Waals surface area contributed by atoms with Crippen LogP contribution in [0.5, 0.6) is 0 Å².